The van der Waals surface area contributed by atoms with E-state index in [4.69, 9.17) is 28.3 Å². The zero-order chi connectivity index (χ0) is 16.4. The SMILES string of the molecule is CCN(CC(F)(F)F)S(=O)(=O)c1cc(Cl)cc(CO)c1Cl. The topological polar surface area (TPSA) is 57.6 Å². The number of hydrogen-bond donors (Lipinski definition) is 1. The van der Waals surface area contributed by atoms with Crippen LogP contribution in [-0.2, 0) is 16.6 Å². The van der Waals surface area contributed by atoms with E-state index in [0.29, 0.717) is 0 Å². The smallest absolute Gasteiger partial charge is 0.392 e. The number of benzene rings is 1. The van der Waals surface area contributed by atoms with E-state index in [2.05, 4.69) is 0 Å². The van der Waals surface area contributed by atoms with E-state index >= 15 is 0 Å². The molecule has 0 unspecified atom stereocenters. The Bertz CT molecular complexity index is 620. The van der Waals surface area contributed by atoms with Crippen molar-refractivity contribution in [2.75, 3.05) is 13.1 Å². The lowest BCUT2D eigenvalue weighted by Crippen LogP contribution is -2.38. The van der Waals surface area contributed by atoms with Crippen molar-refractivity contribution in [3.05, 3.63) is 27.7 Å². The van der Waals surface area contributed by atoms with Crippen molar-refractivity contribution in [2.24, 2.45) is 0 Å². The maximum Gasteiger partial charge on any atom is 0.402 e. The molecule has 4 nitrogen and oxygen atoms in total. The molecule has 0 aliphatic heterocycles. The fraction of sp³-hybridized carbons (Fsp3) is 0.455. The summed E-state index contributed by atoms with van der Waals surface area (Å²) < 4.78 is 62.2. The predicted octanol–water partition coefficient (Wildman–Crippen LogP) is 3.06. The molecule has 1 aromatic rings. The number of halogens is 5. The monoisotopic (exact) mass is 365 g/mol. The number of aliphatic hydroxyl groups is 1. The molecule has 0 bridgehead atoms. The van der Waals surface area contributed by atoms with Gasteiger partial charge in [0.2, 0.25) is 10.0 Å². The Morgan fingerprint density at radius 1 is 1.29 bits per heavy atom. The largest absolute Gasteiger partial charge is 0.402 e. The van der Waals surface area contributed by atoms with Crippen LogP contribution in [0.1, 0.15) is 12.5 Å². The van der Waals surface area contributed by atoms with Gasteiger partial charge in [0.15, 0.2) is 0 Å². The number of nitrogens with zero attached hydrogens (tertiary/aromatic N) is 1. The van der Waals surface area contributed by atoms with Gasteiger partial charge in [-0.15, -0.1) is 0 Å². The van der Waals surface area contributed by atoms with E-state index in [9.17, 15) is 21.6 Å². The maximum atomic E-state index is 12.5. The highest BCUT2D eigenvalue weighted by Gasteiger charge is 2.37. The summed E-state index contributed by atoms with van der Waals surface area (Å²) in [5.74, 6) is 0. The van der Waals surface area contributed by atoms with Gasteiger partial charge in [0.25, 0.3) is 0 Å². The van der Waals surface area contributed by atoms with Gasteiger partial charge in [0, 0.05) is 11.6 Å². The summed E-state index contributed by atoms with van der Waals surface area (Å²) in [4.78, 5) is -0.563. The summed E-state index contributed by atoms with van der Waals surface area (Å²) in [7, 11) is -4.48. The molecule has 0 aliphatic rings. The van der Waals surface area contributed by atoms with Crippen LogP contribution >= 0.6 is 23.2 Å². The third-order valence-corrected chi connectivity index (χ3v) is 5.30. The molecule has 1 N–H and O–H groups in total. The first-order chi connectivity index (χ1) is 9.52. The summed E-state index contributed by atoms with van der Waals surface area (Å²) in [6.07, 6.45) is -4.69. The van der Waals surface area contributed by atoms with Crippen LogP contribution in [0.4, 0.5) is 13.2 Å². The number of hydrogen-bond acceptors (Lipinski definition) is 3. The van der Waals surface area contributed by atoms with Gasteiger partial charge < -0.3 is 5.11 Å². The van der Waals surface area contributed by atoms with Crippen molar-refractivity contribution >= 4 is 33.2 Å². The van der Waals surface area contributed by atoms with Gasteiger partial charge >= 0.3 is 6.18 Å². The second-order valence-electron chi connectivity index (χ2n) is 4.08. The van der Waals surface area contributed by atoms with Gasteiger partial charge in [-0.25, -0.2) is 8.42 Å². The molecule has 0 aromatic heterocycles. The number of aliphatic hydroxyl groups excluding tert-OH is 1. The molecule has 0 aliphatic carbocycles. The quantitative estimate of drug-likeness (QED) is 0.872. The Labute approximate surface area is 130 Å². The first kappa shape index (κ1) is 18.5. The summed E-state index contributed by atoms with van der Waals surface area (Å²) >= 11 is 11.5. The van der Waals surface area contributed by atoms with Crippen LogP contribution in [-0.4, -0.2) is 37.1 Å². The minimum absolute atomic E-state index is 0.0193. The molecule has 10 heteroatoms. The van der Waals surface area contributed by atoms with Crippen LogP contribution in [0, 0.1) is 0 Å². The van der Waals surface area contributed by atoms with Crippen molar-refractivity contribution in [1.29, 1.82) is 0 Å². The molecule has 21 heavy (non-hydrogen) atoms. The van der Waals surface area contributed by atoms with Crippen LogP contribution in [0.2, 0.25) is 10.0 Å². The first-order valence-corrected chi connectivity index (χ1v) is 7.88. The van der Waals surface area contributed by atoms with Gasteiger partial charge in [-0.1, -0.05) is 30.1 Å². The highest BCUT2D eigenvalue weighted by atomic mass is 35.5. The van der Waals surface area contributed by atoms with Crippen molar-refractivity contribution in [1.82, 2.24) is 4.31 Å². The van der Waals surface area contributed by atoms with Gasteiger partial charge in [-0.2, -0.15) is 17.5 Å². The fourth-order valence-electron chi connectivity index (χ4n) is 1.63. The standard InChI is InChI=1S/C11H12Cl2F3NO3S/c1-2-17(6-11(14,15)16)21(19,20)9-4-8(12)3-7(5-18)10(9)13/h3-4,18H,2,5-6H2,1H3. The molecule has 120 valence electrons. The molecular weight excluding hydrogens is 354 g/mol. The van der Waals surface area contributed by atoms with Crippen molar-refractivity contribution in [3.63, 3.8) is 0 Å². The average Bonchev–Trinajstić information content (AvgIpc) is 2.36. The molecule has 0 saturated carbocycles. The Morgan fingerprint density at radius 3 is 2.29 bits per heavy atom. The van der Waals surface area contributed by atoms with Gasteiger partial charge in [-0.3, -0.25) is 0 Å². The molecule has 1 aromatic carbocycles. The Morgan fingerprint density at radius 2 is 1.86 bits per heavy atom. The van der Waals surface area contributed by atoms with Crippen LogP contribution in [0.3, 0.4) is 0 Å². The third kappa shape index (κ3) is 4.46. The lowest BCUT2D eigenvalue weighted by molar-refractivity contribution is -0.135. The second kappa shape index (κ2) is 6.70. The third-order valence-electron chi connectivity index (χ3n) is 2.58. The molecule has 0 fully saturated rings. The summed E-state index contributed by atoms with van der Waals surface area (Å²) in [5.41, 5.74) is 0.0193. The van der Waals surface area contributed by atoms with Gasteiger partial charge in [-0.05, 0) is 17.7 Å². The Balaban J connectivity index is 3.39. The van der Waals surface area contributed by atoms with Crippen molar-refractivity contribution in [2.45, 2.75) is 24.6 Å². The average molecular weight is 366 g/mol. The number of rotatable bonds is 5. The van der Waals surface area contributed by atoms with Crippen LogP contribution in [0.15, 0.2) is 17.0 Å². The van der Waals surface area contributed by atoms with Gasteiger partial charge in [0.1, 0.15) is 11.4 Å². The first-order valence-electron chi connectivity index (χ1n) is 5.68. The lowest BCUT2D eigenvalue weighted by atomic mass is 10.2. The number of alkyl halides is 3. The summed E-state index contributed by atoms with van der Waals surface area (Å²) in [6.45, 7) is -1.34. The van der Waals surface area contributed by atoms with E-state index in [1.807, 2.05) is 0 Å². The van der Waals surface area contributed by atoms with E-state index < -0.39 is 34.2 Å². The molecule has 0 spiro atoms. The van der Waals surface area contributed by atoms with Crippen LogP contribution in [0.5, 0.6) is 0 Å². The van der Waals surface area contributed by atoms with E-state index in [0.717, 1.165) is 6.07 Å². The minimum atomic E-state index is -4.69. The lowest BCUT2D eigenvalue weighted by Gasteiger charge is -2.23. The Kier molecular flexibility index (Phi) is 5.91. The number of sulfonamides is 1. The highest BCUT2D eigenvalue weighted by molar-refractivity contribution is 7.89. The van der Waals surface area contributed by atoms with Crippen LogP contribution in [0.25, 0.3) is 0 Å². The van der Waals surface area contributed by atoms with Crippen LogP contribution < -0.4 is 0 Å². The predicted molar refractivity (Wildman–Crippen MR) is 72.9 cm³/mol. The summed E-state index contributed by atoms with van der Waals surface area (Å²) in [6, 6.07) is 2.19. The normalized spacial score (nSPS) is 13.0. The van der Waals surface area contributed by atoms with E-state index in [1.54, 1.807) is 0 Å². The molecule has 0 atom stereocenters. The summed E-state index contributed by atoms with van der Waals surface area (Å²) in [5, 5.41) is 8.69. The molecule has 0 radical (unpaired) electrons. The minimum Gasteiger partial charge on any atom is -0.392 e. The second-order valence-corrected chi connectivity index (χ2v) is 6.80. The molecule has 1 rings (SSSR count). The molecule has 0 saturated heterocycles. The fourth-order valence-corrected chi connectivity index (χ4v) is 3.96. The zero-order valence-corrected chi connectivity index (χ0v) is 13.1. The maximum absolute atomic E-state index is 12.5. The van der Waals surface area contributed by atoms with E-state index in [1.165, 1.54) is 13.0 Å². The van der Waals surface area contributed by atoms with E-state index in [-0.39, 0.29) is 26.5 Å². The van der Waals surface area contributed by atoms with Gasteiger partial charge in [0.05, 0.1) is 11.6 Å². The molecule has 0 heterocycles. The van der Waals surface area contributed by atoms with Crippen molar-refractivity contribution in [3.8, 4) is 0 Å². The highest BCUT2D eigenvalue weighted by Crippen LogP contribution is 2.32. The van der Waals surface area contributed by atoms with Crippen molar-refractivity contribution < 1.29 is 26.7 Å². The molecule has 0 amide bonds. The Hall–Kier alpha value is -0.540. The molecular formula is C11H12Cl2F3NO3S. The zero-order valence-electron chi connectivity index (χ0n) is 10.8.